The number of hydrogen-bond acceptors (Lipinski definition) is 4. The number of thioether (sulfide) groups is 1. The minimum absolute atomic E-state index is 0.140. The monoisotopic (exact) mass is 309 g/mol. The summed E-state index contributed by atoms with van der Waals surface area (Å²) in [5, 5.41) is 3.72. The Hall–Kier alpha value is -0.450. The molecule has 3 nitrogen and oxygen atoms in total. The third-order valence-corrected chi connectivity index (χ3v) is 5.97. The first-order chi connectivity index (χ1) is 10.2. The SMILES string of the molecule is CCCNC(c1ccc(C)o1)C1CCOC2(CCSC2)C1. The number of ether oxygens (including phenoxy) is 1. The molecule has 2 saturated heterocycles. The average molecular weight is 309 g/mol. The molecule has 21 heavy (non-hydrogen) atoms. The summed E-state index contributed by atoms with van der Waals surface area (Å²) in [6.45, 7) is 6.19. The molecular weight excluding hydrogens is 282 g/mol. The molecule has 1 aromatic heterocycles. The van der Waals surface area contributed by atoms with Gasteiger partial charge in [0.15, 0.2) is 0 Å². The molecule has 2 aliphatic rings. The Bertz CT molecular complexity index is 453. The maximum Gasteiger partial charge on any atom is 0.121 e. The van der Waals surface area contributed by atoms with Crippen molar-refractivity contribution in [2.75, 3.05) is 24.7 Å². The molecule has 1 aromatic rings. The van der Waals surface area contributed by atoms with Gasteiger partial charge in [0.25, 0.3) is 0 Å². The minimum Gasteiger partial charge on any atom is -0.465 e. The standard InChI is InChI=1S/C17H27NO2S/c1-3-8-18-16(15-5-4-13(2)20-15)14-6-9-19-17(11-14)7-10-21-12-17/h4-5,14,16,18H,3,6-12H2,1-2H3. The average Bonchev–Trinajstić information content (AvgIpc) is 3.10. The highest BCUT2D eigenvalue weighted by atomic mass is 32.2. The summed E-state index contributed by atoms with van der Waals surface area (Å²) in [6.07, 6.45) is 4.67. The number of aryl methyl sites for hydroxylation is 1. The Kier molecular flexibility index (Phi) is 4.97. The van der Waals surface area contributed by atoms with Crippen molar-refractivity contribution in [3.05, 3.63) is 23.7 Å². The van der Waals surface area contributed by atoms with Gasteiger partial charge in [0.05, 0.1) is 11.6 Å². The van der Waals surface area contributed by atoms with Gasteiger partial charge < -0.3 is 14.5 Å². The van der Waals surface area contributed by atoms with Crippen molar-refractivity contribution in [1.82, 2.24) is 5.32 Å². The molecule has 1 N–H and O–H groups in total. The fraction of sp³-hybridized carbons (Fsp3) is 0.765. The molecule has 0 aliphatic carbocycles. The van der Waals surface area contributed by atoms with Crippen molar-refractivity contribution in [2.24, 2.45) is 5.92 Å². The van der Waals surface area contributed by atoms with Crippen LogP contribution >= 0.6 is 11.8 Å². The van der Waals surface area contributed by atoms with E-state index in [1.165, 1.54) is 24.3 Å². The van der Waals surface area contributed by atoms with E-state index >= 15 is 0 Å². The molecule has 0 aromatic carbocycles. The second kappa shape index (κ2) is 6.76. The summed E-state index contributed by atoms with van der Waals surface area (Å²) in [4.78, 5) is 0. The first-order valence-electron chi connectivity index (χ1n) is 8.24. The van der Waals surface area contributed by atoms with Crippen molar-refractivity contribution >= 4 is 11.8 Å². The van der Waals surface area contributed by atoms with Gasteiger partial charge in [0, 0.05) is 12.4 Å². The predicted molar refractivity (Wildman–Crippen MR) is 87.8 cm³/mol. The molecule has 0 bridgehead atoms. The van der Waals surface area contributed by atoms with Crippen LogP contribution in [0.3, 0.4) is 0 Å². The molecule has 3 rings (SSSR count). The van der Waals surface area contributed by atoms with E-state index < -0.39 is 0 Å². The van der Waals surface area contributed by atoms with E-state index in [4.69, 9.17) is 9.15 Å². The Morgan fingerprint density at radius 3 is 3.05 bits per heavy atom. The third kappa shape index (κ3) is 3.49. The highest BCUT2D eigenvalue weighted by molar-refractivity contribution is 7.99. The van der Waals surface area contributed by atoms with Crippen molar-refractivity contribution in [1.29, 1.82) is 0 Å². The highest BCUT2D eigenvalue weighted by Crippen LogP contribution is 2.44. The second-order valence-electron chi connectivity index (χ2n) is 6.47. The first-order valence-corrected chi connectivity index (χ1v) is 9.39. The molecule has 3 heterocycles. The van der Waals surface area contributed by atoms with Gasteiger partial charge >= 0.3 is 0 Å². The third-order valence-electron chi connectivity index (χ3n) is 4.75. The molecule has 2 fully saturated rings. The van der Waals surface area contributed by atoms with Gasteiger partial charge in [-0.15, -0.1) is 0 Å². The minimum atomic E-state index is 0.140. The quantitative estimate of drug-likeness (QED) is 0.893. The summed E-state index contributed by atoms with van der Waals surface area (Å²) in [6, 6.07) is 4.56. The van der Waals surface area contributed by atoms with Crippen molar-refractivity contribution in [2.45, 2.75) is 51.2 Å². The fourth-order valence-corrected chi connectivity index (χ4v) is 5.01. The van der Waals surface area contributed by atoms with Gasteiger partial charge in [-0.1, -0.05) is 6.92 Å². The molecule has 4 heteroatoms. The zero-order chi connectivity index (χ0) is 14.7. The summed E-state index contributed by atoms with van der Waals surface area (Å²) in [5.41, 5.74) is 0.140. The lowest BCUT2D eigenvalue weighted by molar-refractivity contribution is -0.0864. The van der Waals surface area contributed by atoms with Crippen LogP contribution in [-0.4, -0.2) is 30.3 Å². The van der Waals surface area contributed by atoms with E-state index in [2.05, 4.69) is 24.4 Å². The van der Waals surface area contributed by atoms with Crippen molar-refractivity contribution < 1.29 is 9.15 Å². The maximum atomic E-state index is 6.17. The van der Waals surface area contributed by atoms with Crippen LogP contribution in [0.15, 0.2) is 16.5 Å². The second-order valence-corrected chi connectivity index (χ2v) is 7.57. The molecule has 118 valence electrons. The zero-order valence-corrected chi connectivity index (χ0v) is 14.0. The Morgan fingerprint density at radius 2 is 2.38 bits per heavy atom. The maximum absolute atomic E-state index is 6.17. The van der Waals surface area contributed by atoms with Crippen LogP contribution in [0, 0.1) is 12.8 Å². The molecule has 1 spiro atoms. The van der Waals surface area contributed by atoms with Crippen LogP contribution in [0.5, 0.6) is 0 Å². The molecule has 3 atom stereocenters. The van der Waals surface area contributed by atoms with Gasteiger partial charge in [-0.05, 0) is 63.0 Å². The lowest BCUT2D eigenvalue weighted by atomic mass is 9.80. The van der Waals surface area contributed by atoms with Crippen molar-refractivity contribution in [3.63, 3.8) is 0 Å². The number of nitrogens with one attached hydrogen (secondary N) is 1. The summed E-state index contributed by atoms with van der Waals surface area (Å²) < 4.78 is 12.1. The van der Waals surface area contributed by atoms with E-state index in [0.717, 1.165) is 37.5 Å². The molecule has 0 radical (unpaired) electrons. The van der Waals surface area contributed by atoms with Crippen LogP contribution < -0.4 is 5.32 Å². The van der Waals surface area contributed by atoms with Gasteiger partial charge in [-0.2, -0.15) is 11.8 Å². The lowest BCUT2D eigenvalue weighted by Crippen LogP contribution is -2.43. The van der Waals surface area contributed by atoms with E-state index in [0.29, 0.717) is 12.0 Å². The lowest BCUT2D eigenvalue weighted by Gasteiger charge is -2.40. The molecule has 0 amide bonds. The summed E-state index contributed by atoms with van der Waals surface area (Å²) in [7, 11) is 0. The van der Waals surface area contributed by atoms with Crippen LogP contribution in [0.4, 0.5) is 0 Å². The van der Waals surface area contributed by atoms with Crippen LogP contribution in [0.1, 0.15) is 50.2 Å². The number of rotatable bonds is 5. The van der Waals surface area contributed by atoms with Crippen molar-refractivity contribution in [3.8, 4) is 0 Å². The van der Waals surface area contributed by atoms with E-state index in [1.54, 1.807) is 0 Å². The van der Waals surface area contributed by atoms with Gasteiger partial charge in [0.1, 0.15) is 11.5 Å². The first kappa shape index (κ1) is 15.4. The fourth-order valence-electron chi connectivity index (χ4n) is 3.63. The highest BCUT2D eigenvalue weighted by Gasteiger charge is 2.43. The number of furan rings is 1. The predicted octanol–water partition coefficient (Wildman–Crippen LogP) is 3.93. The summed E-state index contributed by atoms with van der Waals surface area (Å²) >= 11 is 2.04. The topological polar surface area (TPSA) is 34.4 Å². The van der Waals surface area contributed by atoms with E-state index in [1.807, 2.05) is 18.7 Å². The summed E-state index contributed by atoms with van der Waals surface area (Å²) in [5.74, 6) is 5.15. The Morgan fingerprint density at radius 1 is 1.48 bits per heavy atom. The number of hydrogen-bond donors (Lipinski definition) is 1. The van der Waals surface area contributed by atoms with E-state index in [-0.39, 0.29) is 5.60 Å². The largest absolute Gasteiger partial charge is 0.465 e. The smallest absolute Gasteiger partial charge is 0.121 e. The molecule has 0 saturated carbocycles. The Balaban J connectivity index is 1.75. The van der Waals surface area contributed by atoms with Gasteiger partial charge in [0.2, 0.25) is 0 Å². The van der Waals surface area contributed by atoms with Crippen LogP contribution in [0.2, 0.25) is 0 Å². The molecular formula is C17H27NO2S. The van der Waals surface area contributed by atoms with E-state index in [9.17, 15) is 0 Å². The molecule has 2 aliphatic heterocycles. The van der Waals surface area contributed by atoms with Crippen LogP contribution in [-0.2, 0) is 4.74 Å². The van der Waals surface area contributed by atoms with Crippen LogP contribution in [0.25, 0.3) is 0 Å². The van der Waals surface area contributed by atoms with Gasteiger partial charge in [-0.25, -0.2) is 0 Å². The zero-order valence-electron chi connectivity index (χ0n) is 13.2. The normalized spacial score (nSPS) is 30.9. The van der Waals surface area contributed by atoms with Gasteiger partial charge in [-0.3, -0.25) is 0 Å². The Labute approximate surface area is 132 Å². The molecule has 3 unspecified atom stereocenters.